The van der Waals surface area contributed by atoms with Gasteiger partial charge < -0.3 is 19.5 Å². The molecule has 1 N–H and O–H groups in total. The van der Waals surface area contributed by atoms with Gasteiger partial charge in [-0.3, -0.25) is 4.79 Å². The first kappa shape index (κ1) is 22.5. The summed E-state index contributed by atoms with van der Waals surface area (Å²) in [7, 11) is 1.53. The lowest BCUT2D eigenvalue weighted by molar-refractivity contribution is -0.112. The number of benzene rings is 2. The Hall–Kier alpha value is -3.79. The summed E-state index contributed by atoms with van der Waals surface area (Å²) in [5, 5.41) is 12.1. The third-order valence-corrected chi connectivity index (χ3v) is 3.98. The number of ether oxygens (including phenoxy) is 3. The molecule has 7 heteroatoms. The molecule has 0 aliphatic rings. The maximum Gasteiger partial charge on any atom is 0.338 e. The molecule has 2 aromatic carbocycles. The van der Waals surface area contributed by atoms with Gasteiger partial charge in [-0.15, -0.1) is 0 Å². The molecule has 0 radical (unpaired) electrons. The van der Waals surface area contributed by atoms with E-state index in [-0.39, 0.29) is 12.2 Å². The second-order valence-electron chi connectivity index (χ2n) is 6.18. The number of nitrogens with zero attached hydrogens (tertiary/aromatic N) is 1. The number of anilines is 1. The Kier molecular flexibility index (Phi) is 8.45. The van der Waals surface area contributed by atoms with E-state index in [0.717, 1.165) is 6.42 Å². The highest BCUT2D eigenvalue weighted by Crippen LogP contribution is 2.29. The van der Waals surface area contributed by atoms with Crippen molar-refractivity contribution in [1.82, 2.24) is 0 Å². The third-order valence-electron chi connectivity index (χ3n) is 3.98. The van der Waals surface area contributed by atoms with E-state index in [2.05, 4.69) is 5.32 Å². The average Bonchev–Trinajstić information content (AvgIpc) is 2.76. The van der Waals surface area contributed by atoms with Crippen molar-refractivity contribution in [3.05, 3.63) is 59.2 Å². The minimum Gasteiger partial charge on any atom is -0.493 e. The molecule has 0 bridgehead atoms. The van der Waals surface area contributed by atoms with Crippen LogP contribution >= 0.6 is 0 Å². The van der Waals surface area contributed by atoms with Gasteiger partial charge in [-0.05, 0) is 61.4 Å². The lowest BCUT2D eigenvalue weighted by Gasteiger charge is -2.11. The van der Waals surface area contributed by atoms with Crippen LogP contribution in [0, 0.1) is 11.3 Å². The van der Waals surface area contributed by atoms with E-state index >= 15 is 0 Å². The summed E-state index contributed by atoms with van der Waals surface area (Å²) in [5.41, 5.74) is 1.38. The summed E-state index contributed by atoms with van der Waals surface area (Å²) >= 11 is 0. The number of hydrogen-bond acceptors (Lipinski definition) is 6. The fourth-order valence-corrected chi connectivity index (χ4v) is 2.52. The topological polar surface area (TPSA) is 97.7 Å². The number of hydrogen-bond donors (Lipinski definition) is 1. The summed E-state index contributed by atoms with van der Waals surface area (Å²) in [5.74, 6) is 0.116. The van der Waals surface area contributed by atoms with Gasteiger partial charge in [0.2, 0.25) is 0 Å². The Labute approximate surface area is 175 Å². The molecule has 0 unspecified atom stereocenters. The molecule has 0 aliphatic heterocycles. The summed E-state index contributed by atoms with van der Waals surface area (Å²) in [6, 6.07) is 13.3. The zero-order valence-electron chi connectivity index (χ0n) is 17.2. The van der Waals surface area contributed by atoms with Crippen LogP contribution < -0.4 is 14.8 Å². The van der Waals surface area contributed by atoms with Gasteiger partial charge >= 0.3 is 5.97 Å². The maximum atomic E-state index is 12.5. The van der Waals surface area contributed by atoms with E-state index < -0.39 is 11.9 Å². The van der Waals surface area contributed by atoms with Crippen LogP contribution in [0.25, 0.3) is 6.08 Å². The number of esters is 1. The monoisotopic (exact) mass is 408 g/mol. The zero-order valence-corrected chi connectivity index (χ0v) is 17.2. The number of nitrogens with one attached hydrogen (secondary N) is 1. The van der Waals surface area contributed by atoms with Crippen molar-refractivity contribution >= 4 is 23.6 Å². The van der Waals surface area contributed by atoms with Crippen molar-refractivity contribution < 1.29 is 23.8 Å². The zero-order chi connectivity index (χ0) is 21.9. The fraction of sp³-hybridized carbons (Fsp3) is 0.261. The molecule has 2 rings (SSSR count). The van der Waals surface area contributed by atoms with Gasteiger partial charge in [-0.1, -0.05) is 13.0 Å². The minimum atomic E-state index is -0.563. The summed E-state index contributed by atoms with van der Waals surface area (Å²) in [4.78, 5) is 24.2. The number of rotatable bonds is 9. The van der Waals surface area contributed by atoms with Gasteiger partial charge in [-0.25, -0.2) is 4.79 Å². The first-order valence-electron chi connectivity index (χ1n) is 9.53. The SMILES string of the molecule is CCCOc1ccc(/C=C(\C#N)C(=O)Nc2ccc(C(=O)OCC)cc2)cc1OC. The van der Waals surface area contributed by atoms with Gasteiger partial charge in [0.15, 0.2) is 11.5 Å². The molecule has 1 amide bonds. The van der Waals surface area contributed by atoms with Crippen molar-refractivity contribution in [2.75, 3.05) is 25.6 Å². The quantitative estimate of drug-likeness (QED) is 0.379. The second kappa shape index (κ2) is 11.3. The van der Waals surface area contributed by atoms with Crippen LogP contribution in [0.15, 0.2) is 48.0 Å². The Morgan fingerprint density at radius 1 is 1.10 bits per heavy atom. The van der Waals surface area contributed by atoms with Gasteiger partial charge in [-0.2, -0.15) is 5.26 Å². The van der Waals surface area contributed by atoms with Gasteiger partial charge in [0.25, 0.3) is 5.91 Å². The predicted octanol–water partition coefficient (Wildman–Crippen LogP) is 4.21. The molecule has 7 nitrogen and oxygen atoms in total. The second-order valence-corrected chi connectivity index (χ2v) is 6.18. The summed E-state index contributed by atoms with van der Waals surface area (Å²) in [6.07, 6.45) is 2.33. The smallest absolute Gasteiger partial charge is 0.338 e. The summed E-state index contributed by atoms with van der Waals surface area (Å²) in [6.45, 7) is 4.58. The van der Waals surface area contributed by atoms with Crippen LogP contribution in [-0.4, -0.2) is 32.2 Å². The van der Waals surface area contributed by atoms with Crippen molar-refractivity contribution in [3.8, 4) is 17.6 Å². The Bertz CT molecular complexity index is 959. The Morgan fingerprint density at radius 3 is 2.43 bits per heavy atom. The molecule has 0 heterocycles. The molecule has 0 aliphatic carbocycles. The molecule has 2 aromatic rings. The number of carbonyl (C=O) groups is 2. The molecule has 0 aromatic heterocycles. The van der Waals surface area contributed by atoms with Crippen molar-refractivity contribution in [1.29, 1.82) is 5.26 Å². The lowest BCUT2D eigenvalue weighted by Crippen LogP contribution is -2.13. The Morgan fingerprint density at radius 2 is 1.83 bits per heavy atom. The largest absolute Gasteiger partial charge is 0.493 e. The molecule has 0 fully saturated rings. The molecule has 0 saturated heterocycles. The van der Waals surface area contributed by atoms with Crippen molar-refractivity contribution in [3.63, 3.8) is 0 Å². The Balaban J connectivity index is 2.15. The highest BCUT2D eigenvalue weighted by atomic mass is 16.5. The van der Waals surface area contributed by atoms with Crippen LogP contribution in [0.4, 0.5) is 5.69 Å². The van der Waals surface area contributed by atoms with Crippen molar-refractivity contribution in [2.24, 2.45) is 0 Å². The first-order valence-corrected chi connectivity index (χ1v) is 9.53. The molecule has 30 heavy (non-hydrogen) atoms. The van der Waals surface area contributed by atoms with Gasteiger partial charge in [0.05, 0.1) is 25.9 Å². The highest BCUT2D eigenvalue weighted by Gasteiger charge is 2.12. The maximum absolute atomic E-state index is 12.5. The van der Waals surface area contributed by atoms with Crippen LogP contribution in [0.5, 0.6) is 11.5 Å². The molecule has 156 valence electrons. The van der Waals surface area contributed by atoms with Crippen molar-refractivity contribution in [2.45, 2.75) is 20.3 Å². The van der Waals surface area contributed by atoms with E-state index in [0.29, 0.717) is 34.9 Å². The first-order chi connectivity index (χ1) is 14.5. The lowest BCUT2D eigenvalue weighted by atomic mass is 10.1. The third kappa shape index (κ3) is 6.11. The predicted molar refractivity (Wildman–Crippen MR) is 113 cm³/mol. The number of nitriles is 1. The average molecular weight is 408 g/mol. The molecular formula is C23H24N2O5. The fourth-order valence-electron chi connectivity index (χ4n) is 2.52. The number of amides is 1. The number of methoxy groups -OCH3 is 1. The molecule has 0 spiro atoms. The normalized spacial score (nSPS) is 10.7. The van der Waals surface area contributed by atoms with E-state index in [9.17, 15) is 14.9 Å². The highest BCUT2D eigenvalue weighted by molar-refractivity contribution is 6.09. The van der Waals surface area contributed by atoms with E-state index in [4.69, 9.17) is 14.2 Å². The van der Waals surface area contributed by atoms with Crippen LogP contribution in [0.1, 0.15) is 36.2 Å². The number of carbonyl (C=O) groups excluding carboxylic acids is 2. The molecule has 0 saturated carbocycles. The van der Waals surface area contributed by atoms with E-state index in [1.807, 2.05) is 13.0 Å². The molecular weight excluding hydrogens is 384 g/mol. The van der Waals surface area contributed by atoms with E-state index in [1.54, 1.807) is 49.4 Å². The van der Waals surface area contributed by atoms with Gasteiger partial charge in [0, 0.05) is 5.69 Å². The van der Waals surface area contributed by atoms with E-state index in [1.165, 1.54) is 13.2 Å². The minimum absolute atomic E-state index is 0.0752. The van der Waals surface area contributed by atoms with Gasteiger partial charge in [0.1, 0.15) is 11.6 Å². The standard InChI is InChI=1S/C23H24N2O5/c1-4-12-30-20-11-6-16(14-21(20)28-3)13-18(15-24)22(26)25-19-9-7-17(8-10-19)23(27)29-5-2/h6-11,13-14H,4-5,12H2,1-3H3,(H,25,26)/b18-13+. The summed E-state index contributed by atoms with van der Waals surface area (Å²) < 4.78 is 15.9. The molecule has 0 atom stereocenters. The van der Waals surface area contributed by atoms with Crippen LogP contribution in [0.3, 0.4) is 0 Å². The van der Waals surface area contributed by atoms with Crippen LogP contribution in [-0.2, 0) is 9.53 Å². The van der Waals surface area contributed by atoms with Crippen LogP contribution in [0.2, 0.25) is 0 Å².